The number of nitrogens with one attached hydrogen (secondary N) is 1. The van der Waals surface area contributed by atoms with Crippen LogP contribution in [-0.2, 0) is 4.74 Å². The maximum absolute atomic E-state index is 11.4. The number of aromatic nitrogens is 1. The van der Waals surface area contributed by atoms with Crippen molar-refractivity contribution < 1.29 is 14.3 Å². The van der Waals surface area contributed by atoms with Crippen LogP contribution in [0.2, 0.25) is 5.02 Å². The Hall–Kier alpha value is -1.68. The van der Waals surface area contributed by atoms with Crippen LogP contribution in [0.15, 0.2) is 18.2 Å². The molecular weight excluding hydrogens is 230 g/mol. The summed E-state index contributed by atoms with van der Waals surface area (Å²) in [6, 6.07) is 5.10. The lowest BCUT2D eigenvalue weighted by Gasteiger charge is -2.01. The number of methoxy groups -OCH3 is 2. The van der Waals surface area contributed by atoms with Crippen molar-refractivity contribution in [3.8, 4) is 5.75 Å². The molecule has 0 aliphatic rings. The molecule has 1 N–H and O–H groups in total. The van der Waals surface area contributed by atoms with E-state index in [1.54, 1.807) is 25.3 Å². The monoisotopic (exact) mass is 239 g/mol. The molecule has 0 aliphatic heterocycles. The molecule has 0 amide bonds. The van der Waals surface area contributed by atoms with Crippen molar-refractivity contribution in [1.82, 2.24) is 4.98 Å². The first kappa shape index (κ1) is 10.8. The van der Waals surface area contributed by atoms with Gasteiger partial charge in [-0.2, -0.15) is 0 Å². The number of halogens is 1. The second-order valence-electron chi connectivity index (χ2n) is 3.21. The van der Waals surface area contributed by atoms with Crippen LogP contribution in [-0.4, -0.2) is 25.2 Å². The third-order valence-electron chi connectivity index (χ3n) is 2.33. The summed E-state index contributed by atoms with van der Waals surface area (Å²) in [7, 11) is 2.88. The van der Waals surface area contributed by atoms with Crippen molar-refractivity contribution in [1.29, 1.82) is 0 Å². The van der Waals surface area contributed by atoms with Gasteiger partial charge in [-0.3, -0.25) is 0 Å². The number of benzene rings is 1. The van der Waals surface area contributed by atoms with E-state index in [1.165, 1.54) is 7.11 Å². The van der Waals surface area contributed by atoms with E-state index in [0.29, 0.717) is 22.0 Å². The van der Waals surface area contributed by atoms with Crippen molar-refractivity contribution in [3.63, 3.8) is 0 Å². The van der Waals surface area contributed by atoms with Crippen LogP contribution >= 0.6 is 11.6 Å². The topological polar surface area (TPSA) is 51.3 Å². The zero-order valence-electron chi connectivity index (χ0n) is 8.83. The molecule has 5 heteroatoms. The summed E-state index contributed by atoms with van der Waals surface area (Å²) < 4.78 is 9.79. The Bertz CT molecular complexity index is 547. The van der Waals surface area contributed by atoms with Gasteiger partial charge in [0.2, 0.25) is 0 Å². The SMILES string of the molecule is COC(=O)c1cc2c(Cl)ccc(OC)c2[nH]1. The molecule has 1 aromatic carbocycles. The number of H-pyrrole nitrogens is 1. The van der Waals surface area contributed by atoms with Crippen LogP contribution < -0.4 is 4.74 Å². The van der Waals surface area contributed by atoms with Crippen LogP contribution in [0.5, 0.6) is 5.75 Å². The highest BCUT2D eigenvalue weighted by molar-refractivity contribution is 6.35. The Kier molecular flexibility index (Phi) is 2.75. The average molecular weight is 240 g/mol. The molecule has 0 atom stereocenters. The van der Waals surface area contributed by atoms with Gasteiger partial charge in [-0.25, -0.2) is 4.79 Å². The lowest BCUT2D eigenvalue weighted by Crippen LogP contribution is -2.00. The minimum Gasteiger partial charge on any atom is -0.495 e. The third-order valence-corrected chi connectivity index (χ3v) is 2.66. The summed E-state index contributed by atoms with van der Waals surface area (Å²) >= 11 is 6.02. The van der Waals surface area contributed by atoms with Crippen LogP contribution in [0.25, 0.3) is 10.9 Å². The molecule has 4 nitrogen and oxygen atoms in total. The molecule has 0 fully saturated rings. The van der Waals surface area contributed by atoms with E-state index in [9.17, 15) is 4.79 Å². The van der Waals surface area contributed by atoms with Gasteiger partial charge < -0.3 is 14.5 Å². The lowest BCUT2D eigenvalue weighted by atomic mass is 10.2. The molecule has 2 aromatic rings. The molecule has 0 spiro atoms. The highest BCUT2D eigenvalue weighted by Crippen LogP contribution is 2.31. The molecule has 0 unspecified atom stereocenters. The number of fused-ring (bicyclic) bond motifs is 1. The van der Waals surface area contributed by atoms with E-state index in [1.807, 2.05) is 0 Å². The Morgan fingerprint density at radius 1 is 1.38 bits per heavy atom. The fourth-order valence-electron chi connectivity index (χ4n) is 1.55. The quantitative estimate of drug-likeness (QED) is 0.820. The zero-order chi connectivity index (χ0) is 11.7. The average Bonchev–Trinajstić information content (AvgIpc) is 2.74. The standard InChI is InChI=1S/C11H10ClNO3/c1-15-9-4-3-7(12)6-5-8(11(14)16-2)13-10(6)9/h3-5,13H,1-2H3. The van der Waals surface area contributed by atoms with E-state index in [-0.39, 0.29) is 0 Å². The fraction of sp³-hybridized carbons (Fsp3) is 0.182. The number of aromatic amines is 1. The molecule has 1 heterocycles. The molecule has 1 aromatic heterocycles. The van der Waals surface area contributed by atoms with Crippen molar-refractivity contribution in [3.05, 3.63) is 28.9 Å². The van der Waals surface area contributed by atoms with Crippen LogP contribution in [0.3, 0.4) is 0 Å². The smallest absolute Gasteiger partial charge is 0.354 e. The van der Waals surface area contributed by atoms with Gasteiger partial charge in [-0.1, -0.05) is 11.6 Å². The van der Waals surface area contributed by atoms with Gasteiger partial charge in [0.1, 0.15) is 11.4 Å². The second-order valence-corrected chi connectivity index (χ2v) is 3.62. The minimum absolute atomic E-state index is 0.351. The maximum atomic E-state index is 11.4. The van der Waals surface area contributed by atoms with Crippen molar-refractivity contribution in [2.75, 3.05) is 14.2 Å². The predicted molar refractivity (Wildman–Crippen MR) is 61.2 cm³/mol. The van der Waals surface area contributed by atoms with Gasteiger partial charge in [0.15, 0.2) is 0 Å². The number of carbonyl (C=O) groups is 1. The maximum Gasteiger partial charge on any atom is 0.354 e. The molecule has 0 aliphatic carbocycles. The number of carbonyl (C=O) groups excluding carboxylic acids is 1. The Morgan fingerprint density at radius 3 is 2.75 bits per heavy atom. The molecular formula is C11H10ClNO3. The van der Waals surface area contributed by atoms with Crippen molar-refractivity contribution in [2.24, 2.45) is 0 Å². The highest BCUT2D eigenvalue weighted by atomic mass is 35.5. The number of hydrogen-bond acceptors (Lipinski definition) is 3. The number of ether oxygens (including phenoxy) is 2. The lowest BCUT2D eigenvalue weighted by molar-refractivity contribution is 0.0595. The summed E-state index contributed by atoms with van der Waals surface area (Å²) in [5, 5.41) is 1.30. The summed E-state index contributed by atoms with van der Waals surface area (Å²) in [6.07, 6.45) is 0. The second kappa shape index (κ2) is 4.06. The largest absolute Gasteiger partial charge is 0.495 e. The normalized spacial score (nSPS) is 10.4. The Morgan fingerprint density at radius 2 is 2.12 bits per heavy atom. The van der Waals surface area contributed by atoms with Gasteiger partial charge in [0.05, 0.1) is 24.8 Å². The highest BCUT2D eigenvalue weighted by Gasteiger charge is 2.14. The van der Waals surface area contributed by atoms with Crippen LogP contribution in [0, 0.1) is 0 Å². The van der Waals surface area contributed by atoms with Crippen LogP contribution in [0.4, 0.5) is 0 Å². The number of hydrogen-bond donors (Lipinski definition) is 1. The van der Waals surface area contributed by atoms with Gasteiger partial charge in [-0.05, 0) is 18.2 Å². The summed E-state index contributed by atoms with van der Waals surface area (Å²) in [4.78, 5) is 14.3. The molecule has 0 radical (unpaired) electrons. The summed E-state index contributed by atoms with van der Waals surface area (Å²) in [6.45, 7) is 0. The molecule has 84 valence electrons. The number of esters is 1. The fourth-order valence-corrected chi connectivity index (χ4v) is 1.76. The molecule has 0 saturated carbocycles. The first-order valence-electron chi connectivity index (χ1n) is 4.61. The van der Waals surface area contributed by atoms with Gasteiger partial charge in [-0.15, -0.1) is 0 Å². The van der Waals surface area contributed by atoms with Gasteiger partial charge >= 0.3 is 5.97 Å². The van der Waals surface area contributed by atoms with Crippen LogP contribution in [0.1, 0.15) is 10.5 Å². The van der Waals surface area contributed by atoms with E-state index < -0.39 is 5.97 Å². The zero-order valence-corrected chi connectivity index (χ0v) is 9.59. The minimum atomic E-state index is -0.436. The number of rotatable bonds is 2. The molecule has 0 saturated heterocycles. The Labute approximate surface area is 97.1 Å². The predicted octanol–water partition coefficient (Wildman–Crippen LogP) is 2.62. The van der Waals surface area contributed by atoms with Gasteiger partial charge in [0, 0.05) is 5.39 Å². The van der Waals surface area contributed by atoms with E-state index in [4.69, 9.17) is 16.3 Å². The molecule has 0 bridgehead atoms. The Balaban J connectivity index is 2.68. The van der Waals surface area contributed by atoms with Crippen molar-refractivity contribution in [2.45, 2.75) is 0 Å². The first-order chi connectivity index (χ1) is 7.67. The van der Waals surface area contributed by atoms with E-state index >= 15 is 0 Å². The van der Waals surface area contributed by atoms with E-state index in [0.717, 1.165) is 5.39 Å². The van der Waals surface area contributed by atoms with E-state index in [2.05, 4.69) is 9.72 Å². The molecule has 2 rings (SSSR count). The van der Waals surface area contributed by atoms with Crippen molar-refractivity contribution >= 4 is 28.5 Å². The first-order valence-corrected chi connectivity index (χ1v) is 4.98. The summed E-state index contributed by atoms with van der Waals surface area (Å²) in [5.41, 5.74) is 1.04. The van der Waals surface area contributed by atoms with Gasteiger partial charge in [0.25, 0.3) is 0 Å². The summed E-state index contributed by atoms with van der Waals surface area (Å²) in [5.74, 6) is 0.198. The molecule has 16 heavy (non-hydrogen) atoms. The third kappa shape index (κ3) is 1.61.